The fourth-order valence-electron chi connectivity index (χ4n) is 4.84. The van der Waals surface area contributed by atoms with E-state index in [1.807, 2.05) is 0 Å². The molecule has 1 aliphatic heterocycles. The van der Waals surface area contributed by atoms with E-state index in [1.54, 1.807) is 0 Å². The zero-order valence-electron chi connectivity index (χ0n) is 12.1. The van der Waals surface area contributed by atoms with Crippen molar-refractivity contribution in [2.75, 3.05) is 32.7 Å². The Hall–Kier alpha value is -0.0800. The summed E-state index contributed by atoms with van der Waals surface area (Å²) in [7, 11) is 0. The van der Waals surface area contributed by atoms with Crippen molar-refractivity contribution in [2.24, 2.45) is 17.3 Å². The van der Waals surface area contributed by atoms with E-state index in [0.717, 1.165) is 18.4 Å². The normalized spacial score (nSPS) is 35.2. The quantitative estimate of drug-likeness (QED) is 0.807. The van der Waals surface area contributed by atoms with Gasteiger partial charge in [-0.2, -0.15) is 0 Å². The van der Waals surface area contributed by atoms with Gasteiger partial charge in [-0.15, -0.1) is 0 Å². The molecule has 2 heteroatoms. The summed E-state index contributed by atoms with van der Waals surface area (Å²) in [4.78, 5) is 2.82. The lowest BCUT2D eigenvalue weighted by Gasteiger charge is -2.34. The lowest BCUT2D eigenvalue weighted by molar-refractivity contribution is 0.164. The Bertz CT molecular complexity index is 258. The number of fused-ring (bicyclic) bond motifs is 1. The molecule has 18 heavy (non-hydrogen) atoms. The van der Waals surface area contributed by atoms with Gasteiger partial charge in [-0.05, 0) is 49.5 Å². The first-order valence-corrected chi connectivity index (χ1v) is 8.24. The summed E-state index contributed by atoms with van der Waals surface area (Å²) in [5, 5.41) is 3.63. The number of rotatable bonds is 5. The number of likely N-dealkylation sites (tertiary alicyclic amines) is 1. The van der Waals surface area contributed by atoms with Gasteiger partial charge in [-0.1, -0.05) is 26.2 Å². The molecule has 2 nitrogen and oxygen atoms in total. The topological polar surface area (TPSA) is 15.3 Å². The van der Waals surface area contributed by atoms with Crippen molar-refractivity contribution in [3.8, 4) is 0 Å². The van der Waals surface area contributed by atoms with Gasteiger partial charge >= 0.3 is 0 Å². The Labute approximate surface area is 113 Å². The molecule has 3 aliphatic rings. The van der Waals surface area contributed by atoms with Crippen LogP contribution in [0.2, 0.25) is 0 Å². The van der Waals surface area contributed by atoms with Crippen LogP contribution in [-0.2, 0) is 0 Å². The SMILES string of the molecule is CCNCC1(CN2CC3CCCC3C2)CCCC1. The van der Waals surface area contributed by atoms with E-state index in [1.165, 1.54) is 71.1 Å². The standard InChI is InChI=1S/C16H30N2/c1-2-17-12-16(8-3-4-9-16)13-18-10-14-6-5-7-15(14)11-18/h14-15,17H,2-13H2,1H3. The second kappa shape index (κ2) is 5.50. The van der Waals surface area contributed by atoms with Crippen LogP contribution in [0.5, 0.6) is 0 Å². The van der Waals surface area contributed by atoms with Gasteiger partial charge in [0.2, 0.25) is 0 Å². The molecule has 0 spiro atoms. The second-order valence-corrected chi connectivity index (χ2v) is 7.13. The van der Waals surface area contributed by atoms with Crippen LogP contribution in [0.1, 0.15) is 51.9 Å². The Morgan fingerprint density at radius 2 is 1.72 bits per heavy atom. The van der Waals surface area contributed by atoms with Crippen LogP contribution in [0, 0.1) is 17.3 Å². The van der Waals surface area contributed by atoms with Crippen molar-refractivity contribution in [3.05, 3.63) is 0 Å². The molecule has 3 rings (SSSR count). The molecular weight excluding hydrogens is 220 g/mol. The van der Waals surface area contributed by atoms with Crippen LogP contribution in [0.4, 0.5) is 0 Å². The molecule has 1 N–H and O–H groups in total. The van der Waals surface area contributed by atoms with Crippen molar-refractivity contribution < 1.29 is 0 Å². The van der Waals surface area contributed by atoms with Crippen LogP contribution < -0.4 is 5.32 Å². The van der Waals surface area contributed by atoms with Crippen molar-refractivity contribution in [2.45, 2.75) is 51.9 Å². The van der Waals surface area contributed by atoms with E-state index < -0.39 is 0 Å². The average Bonchev–Trinajstić information content (AvgIpc) is 3.03. The molecule has 2 aliphatic carbocycles. The van der Waals surface area contributed by atoms with E-state index in [4.69, 9.17) is 0 Å². The van der Waals surface area contributed by atoms with Gasteiger partial charge in [0.1, 0.15) is 0 Å². The van der Waals surface area contributed by atoms with E-state index in [2.05, 4.69) is 17.1 Å². The number of nitrogens with zero attached hydrogens (tertiary/aromatic N) is 1. The summed E-state index contributed by atoms with van der Waals surface area (Å²) < 4.78 is 0. The molecular formula is C16H30N2. The van der Waals surface area contributed by atoms with Crippen molar-refractivity contribution in [1.82, 2.24) is 10.2 Å². The summed E-state index contributed by atoms with van der Waals surface area (Å²) in [6.45, 7) is 8.84. The first-order chi connectivity index (χ1) is 8.81. The van der Waals surface area contributed by atoms with Gasteiger partial charge in [0.05, 0.1) is 0 Å². The fraction of sp³-hybridized carbons (Fsp3) is 1.00. The summed E-state index contributed by atoms with van der Waals surface area (Å²) in [6, 6.07) is 0. The third-order valence-corrected chi connectivity index (χ3v) is 5.78. The predicted octanol–water partition coefficient (Wildman–Crippen LogP) is 2.89. The summed E-state index contributed by atoms with van der Waals surface area (Å²) in [5.74, 6) is 2.12. The largest absolute Gasteiger partial charge is 0.316 e. The van der Waals surface area contributed by atoms with Gasteiger partial charge in [-0.3, -0.25) is 0 Å². The molecule has 3 fully saturated rings. The highest BCUT2D eigenvalue weighted by molar-refractivity contribution is 4.94. The predicted molar refractivity (Wildman–Crippen MR) is 76.7 cm³/mol. The highest BCUT2D eigenvalue weighted by Gasteiger charge is 2.41. The molecule has 0 radical (unpaired) electrons. The molecule has 0 amide bonds. The molecule has 1 heterocycles. The highest BCUT2D eigenvalue weighted by Crippen LogP contribution is 2.42. The molecule has 104 valence electrons. The maximum Gasteiger partial charge on any atom is 0.00504 e. The second-order valence-electron chi connectivity index (χ2n) is 7.13. The zero-order chi connectivity index (χ0) is 12.4. The van der Waals surface area contributed by atoms with Gasteiger partial charge in [0, 0.05) is 26.2 Å². The van der Waals surface area contributed by atoms with Gasteiger partial charge in [-0.25, -0.2) is 0 Å². The van der Waals surface area contributed by atoms with Gasteiger partial charge < -0.3 is 10.2 Å². The smallest absolute Gasteiger partial charge is 0.00504 e. The molecule has 0 aromatic heterocycles. The Morgan fingerprint density at radius 1 is 1.06 bits per heavy atom. The van der Waals surface area contributed by atoms with E-state index in [0.29, 0.717) is 5.41 Å². The molecule has 0 aromatic carbocycles. The zero-order valence-corrected chi connectivity index (χ0v) is 12.1. The number of hydrogen-bond acceptors (Lipinski definition) is 2. The van der Waals surface area contributed by atoms with Crippen molar-refractivity contribution in [1.29, 1.82) is 0 Å². The third kappa shape index (κ3) is 2.60. The Morgan fingerprint density at radius 3 is 2.33 bits per heavy atom. The lowest BCUT2D eigenvalue weighted by atomic mass is 9.85. The molecule has 0 bridgehead atoms. The molecule has 0 aromatic rings. The van der Waals surface area contributed by atoms with Crippen molar-refractivity contribution in [3.63, 3.8) is 0 Å². The van der Waals surface area contributed by atoms with Crippen LogP contribution >= 0.6 is 0 Å². The average molecular weight is 250 g/mol. The molecule has 2 saturated carbocycles. The maximum atomic E-state index is 3.63. The first-order valence-electron chi connectivity index (χ1n) is 8.24. The van der Waals surface area contributed by atoms with E-state index in [-0.39, 0.29) is 0 Å². The Kier molecular flexibility index (Phi) is 3.95. The number of hydrogen-bond donors (Lipinski definition) is 1. The van der Waals surface area contributed by atoms with Crippen LogP contribution in [0.3, 0.4) is 0 Å². The van der Waals surface area contributed by atoms with Crippen LogP contribution in [0.25, 0.3) is 0 Å². The minimum absolute atomic E-state index is 0.620. The molecule has 2 unspecified atom stereocenters. The van der Waals surface area contributed by atoms with Gasteiger partial charge in [0.15, 0.2) is 0 Å². The summed E-state index contributed by atoms with van der Waals surface area (Å²) in [5.41, 5.74) is 0.620. The van der Waals surface area contributed by atoms with E-state index >= 15 is 0 Å². The number of nitrogens with one attached hydrogen (secondary N) is 1. The first kappa shape index (κ1) is 12.9. The Balaban J connectivity index is 1.56. The lowest BCUT2D eigenvalue weighted by Crippen LogP contribution is -2.42. The maximum absolute atomic E-state index is 3.63. The van der Waals surface area contributed by atoms with Crippen molar-refractivity contribution >= 4 is 0 Å². The van der Waals surface area contributed by atoms with Gasteiger partial charge in [0.25, 0.3) is 0 Å². The highest BCUT2D eigenvalue weighted by atomic mass is 15.2. The minimum atomic E-state index is 0.620. The summed E-state index contributed by atoms with van der Waals surface area (Å²) >= 11 is 0. The van der Waals surface area contributed by atoms with E-state index in [9.17, 15) is 0 Å². The molecule has 2 atom stereocenters. The summed E-state index contributed by atoms with van der Waals surface area (Å²) in [6.07, 6.45) is 10.4. The monoisotopic (exact) mass is 250 g/mol. The molecule has 1 saturated heterocycles. The third-order valence-electron chi connectivity index (χ3n) is 5.78. The van der Waals surface area contributed by atoms with Crippen LogP contribution in [-0.4, -0.2) is 37.6 Å². The fourth-order valence-corrected chi connectivity index (χ4v) is 4.84. The van der Waals surface area contributed by atoms with Crippen LogP contribution in [0.15, 0.2) is 0 Å². The minimum Gasteiger partial charge on any atom is -0.316 e.